The summed E-state index contributed by atoms with van der Waals surface area (Å²) in [4.78, 5) is 12.0. The monoisotopic (exact) mass is 234 g/mol. The van der Waals surface area contributed by atoms with Crippen LogP contribution in [0.2, 0.25) is 0 Å². The molecule has 84 valence electrons. The number of carbonyl (C=O) groups is 1. The molecule has 4 heteroatoms. The Morgan fingerprint density at radius 3 is 2.88 bits per heavy atom. The number of thiophene rings is 1. The highest BCUT2D eigenvalue weighted by molar-refractivity contribution is 7.08. The second-order valence-electron chi connectivity index (χ2n) is 3.77. The third-order valence-corrected chi connectivity index (χ3v) is 3.39. The normalized spacial score (nSPS) is 10.6. The van der Waals surface area contributed by atoms with Crippen LogP contribution in [0.15, 0.2) is 23.2 Å². The molecule has 0 saturated heterocycles. The molecule has 0 radical (unpaired) electrons. The van der Waals surface area contributed by atoms with E-state index in [-0.39, 0.29) is 5.78 Å². The van der Waals surface area contributed by atoms with Gasteiger partial charge in [-0.25, -0.2) is 0 Å². The highest BCUT2D eigenvalue weighted by Gasteiger charge is 2.11. The van der Waals surface area contributed by atoms with Gasteiger partial charge in [0, 0.05) is 30.1 Å². The van der Waals surface area contributed by atoms with Crippen molar-refractivity contribution in [3.63, 3.8) is 0 Å². The maximum atomic E-state index is 12.0. The molecule has 2 aromatic rings. The standard InChI is InChI=1S/C12H14N2OS/c1-3-14-6-10(5-13-14)4-12(15)11-8-16-7-9(11)2/h5-8H,3-4H2,1-2H3. The van der Waals surface area contributed by atoms with Crippen LogP contribution in [0.25, 0.3) is 0 Å². The first-order valence-electron chi connectivity index (χ1n) is 5.28. The summed E-state index contributed by atoms with van der Waals surface area (Å²) in [6.45, 7) is 4.84. The summed E-state index contributed by atoms with van der Waals surface area (Å²) in [5.74, 6) is 0.175. The van der Waals surface area contributed by atoms with Gasteiger partial charge in [0.1, 0.15) is 0 Å². The van der Waals surface area contributed by atoms with Crippen LogP contribution in [-0.2, 0) is 13.0 Å². The Balaban J connectivity index is 2.11. The summed E-state index contributed by atoms with van der Waals surface area (Å²) in [5.41, 5.74) is 2.89. The highest BCUT2D eigenvalue weighted by Crippen LogP contribution is 2.16. The number of ketones is 1. The summed E-state index contributed by atoms with van der Waals surface area (Å²) in [7, 11) is 0. The van der Waals surface area contributed by atoms with E-state index in [0.717, 1.165) is 23.2 Å². The van der Waals surface area contributed by atoms with E-state index in [9.17, 15) is 4.79 Å². The maximum absolute atomic E-state index is 12.0. The van der Waals surface area contributed by atoms with Crippen molar-refractivity contribution in [2.24, 2.45) is 0 Å². The van der Waals surface area contributed by atoms with Gasteiger partial charge in [0.15, 0.2) is 5.78 Å². The van der Waals surface area contributed by atoms with E-state index >= 15 is 0 Å². The molecule has 0 aliphatic rings. The second kappa shape index (κ2) is 4.61. The van der Waals surface area contributed by atoms with Gasteiger partial charge in [-0.3, -0.25) is 9.48 Å². The Morgan fingerprint density at radius 1 is 1.50 bits per heavy atom. The number of aryl methyl sites for hydroxylation is 2. The molecule has 0 amide bonds. The topological polar surface area (TPSA) is 34.9 Å². The van der Waals surface area contributed by atoms with Crippen LogP contribution in [0, 0.1) is 6.92 Å². The van der Waals surface area contributed by atoms with Gasteiger partial charge in [0.05, 0.1) is 6.20 Å². The molecule has 0 atom stereocenters. The minimum Gasteiger partial charge on any atom is -0.294 e. The SMILES string of the molecule is CCn1cc(CC(=O)c2cscc2C)cn1. The highest BCUT2D eigenvalue weighted by atomic mass is 32.1. The van der Waals surface area contributed by atoms with Crippen molar-refractivity contribution in [1.29, 1.82) is 0 Å². The van der Waals surface area contributed by atoms with Gasteiger partial charge in [-0.1, -0.05) is 0 Å². The number of hydrogen-bond donors (Lipinski definition) is 0. The van der Waals surface area contributed by atoms with E-state index in [0.29, 0.717) is 6.42 Å². The predicted molar refractivity (Wildman–Crippen MR) is 65.0 cm³/mol. The molecule has 0 unspecified atom stereocenters. The Morgan fingerprint density at radius 2 is 2.31 bits per heavy atom. The van der Waals surface area contributed by atoms with Crippen LogP contribution in [-0.4, -0.2) is 15.6 Å². The van der Waals surface area contributed by atoms with Crippen molar-refractivity contribution in [2.45, 2.75) is 26.8 Å². The first-order chi connectivity index (χ1) is 7.70. The number of aromatic nitrogens is 2. The van der Waals surface area contributed by atoms with E-state index in [2.05, 4.69) is 5.10 Å². The maximum Gasteiger partial charge on any atom is 0.168 e. The summed E-state index contributed by atoms with van der Waals surface area (Å²) in [6, 6.07) is 0. The molecule has 0 aliphatic carbocycles. The minimum absolute atomic E-state index is 0.175. The molecule has 2 heterocycles. The van der Waals surface area contributed by atoms with Gasteiger partial charge in [-0.15, -0.1) is 0 Å². The zero-order valence-electron chi connectivity index (χ0n) is 9.43. The van der Waals surface area contributed by atoms with Crippen molar-refractivity contribution in [3.05, 3.63) is 39.8 Å². The number of rotatable bonds is 4. The van der Waals surface area contributed by atoms with E-state index in [4.69, 9.17) is 0 Å². The number of hydrogen-bond acceptors (Lipinski definition) is 3. The number of Topliss-reactive ketones (excluding diaryl/α,β-unsaturated/α-hetero) is 1. The van der Waals surface area contributed by atoms with Crippen molar-refractivity contribution in [3.8, 4) is 0 Å². The Hall–Kier alpha value is -1.42. The van der Waals surface area contributed by atoms with Crippen LogP contribution in [0.4, 0.5) is 0 Å². The molecular weight excluding hydrogens is 220 g/mol. The second-order valence-corrected chi connectivity index (χ2v) is 4.52. The van der Waals surface area contributed by atoms with Crippen LogP contribution in [0.3, 0.4) is 0 Å². The Bertz CT molecular complexity index is 499. The fourth-order valence-corrected chi connectivity index (χ4v) is 2.45. The van der Waals surface area contributed by atoms with Crippen molar-refractivity contribution >= 4 is 17.1 Å². The van der Waals surface area contributed by atoms with Crippen LogP contribution >= 0.6 is 11.3 Å². The minimum atomic E-state index is 0.175. The lowest BCUT2D eigenvalue weighted by Gasteiger charge is -1.97. The molecule has 0 bridgehead atoms. The van der Waals surface area contributed by atoms with E-state index in [1.165, 1.54) is 0 Å². The number of carbonyl (C=O) groups excluding carboxylic acids is 1. The summed E-state index contributed by atoms with van der Waals surface area (Å²) < 4.78 is 1.84. The summed E-state index contributed by atoms with van der Waals surface area (Å²) in [6.07, 6.45) is 4.14. The third kappa shape index (κ3) is 2.22. The molecule has 2 aromatic heterocycles. The van der Waals surface area contributed by atoms with Gasteiger partial charge in [0.25, 0.3) is 0 Å². The zero-order valence-corrected chi connectivity index (χ0v) is 10.3. The van der Waals surface area contributed by atoms with Gasteiger partial charge in [0.2, 0.25) is 0 Å². The zero-order chi connectivity index (χ0) is 11.5. The molecule has 0 aliphatic heterocycles. The van der Waals surface area contributed by atoms with Crippen LogP contribution < -0.4 is 0 Å². The first kappa shape index (κ1) is 11.1. The fraction of sp³-hybridized carbons (Fsp3) is 0.333. The average Bonchev–Trinajstić information content (AvgIpc) is 2.86. The van der Waals surface area contributed by atoms with Gasteiger partial charge in [-0.05, 0) is 30.4 Å². The Labute approximate surface area is 98.7 Å². The largest absolute Gasteiger partial charge is 0.294 e. The summed E-state index contributed by atoms with van der Waals surface area (Å²) in [5, 5.41) is 8.08. The molecule has 0 N–H and O–H groups in total. The predicted octanol–water partition coefficient (Wildman–Crippen LogP) is 2.70. The lowest BCUT2D eigenvalue weighted by atomic mass is 10.1. The molecule has 0 aromatic carbocycles. The molecule has 0 spiro atoms. The molecule has 0 saturated carbocycles. The molecule has 3 nitrogen and oxygen atoms in total. The first-order valence-corrected chi connectivity index (χ1v) is 6.22. The molecule has 16 heavy (non-hydrogen) atoms. The molecule has 0 fully saturated rings. The van der Waals surface area contributed by atoms with Gasteiger partial charge >= 0.3 is 0 Å². The van der Waals surface area contributed by atoms with Crippen molar-refractivity contribution < 1.29 is 4.79 Å². The lowest BCUT2D eigenvalue weighted by Crippen LogP contribution is -2.03. The van der Waals surface area contributed by atoms with E-state index in [1.807, 2.05) is 35.5 Å². The Kier molecular flexibility index (Phi) is 3.19. The van der Waals surface area contributed by atoms with Crippen molar-refractivity contribution in [1.82, 2.24) is 9.78 Å². The molecule has 2 rings (SSSR count). The molecular formula is C12H14N2OS. The smallest absolute Gasteiger partial charge is 0.168 e. The van der Waals surface area contributed by atoms with E-state index in [1.54, 1.807) is 17.5 Å². The lowest BCUT2D eigenvalue weighted by molar-refractivity contribution is 0.0993. The van der Waals surface area contributed by atoms with Gasteiger partial charge < -0.3 is 0 Å². The fourth-order valence-electron chi connectivity index (χ4n) is 1.60. The van der Waals surface area contributed by atoms with Crippen molar-refractivity contribution in [2.75, 3.05) is 0 Å². The number of nitrogens with zero attached hydrogens (tertiary/aromatic N) is 2. The average molecular weight is 234 g/mol. The van der Waals surface area contributed by atoms with Crippen LogP contribution in [0.5, 0.6) is 0 Å². The third-order valence-electron chi connectivity index (χ3n) is 2.53. The van der Waals surface area contributed by atoms with Gasteiger partial charge in [-0.2, -0.15) is 16.4 Å². The summed E-state index contributed by atoms with van der Waals surface area (Å²) >= 11 is 1.57. The quantitative estimate of drug-likeness (QED) is 0.762. The van der Waals surface area contributed by atoms with Crippen LogP contribution in [0.1, 0.15) is 28.4 Å². The van der Waals surface area contributed by atoms with E-state index < -0.39 is 0 Å².